The van der Waals surface area contributed by atoms with Gasteiger partial charge in [-0.05, 0) is 6.42 Å². The molecule has 1 saturated heterocycles. The van der Waals surface area contributed by atoms with Gasteiger partial charge in [0.1, 0.15) is 5.84 Å². The fourth-order valence-corrected chi connectivity index (χ4v) is 1.76. The van der Waals surface area contributed by atoms with E-state index in [1.165, 1.54) is 0 Å². The SMILES string of the molecule is CN1CCC/C1=N/S(=O)(=O)Cl. The maximum Gasteiger partial charge on any atom is 0.341 e. The van der Waals surface area contributed by atoms with E-state index in [0.29, 0.717) is 12.3 Å². The minimum atomic E-state index is -3.72. The van der Waals surface area contributed by atoms with Gasteiger partial charge in [0.15, 0.2) is 0 Å². The molecule has 0 amide bonds. The lowest BCUT2D eigenvalue weighted by Gasteiger charge is -2.08. The molecule has 0 saturated carbocycles. The number of hydrogen-bond donors (Lipinski definition) is 0. The largest absolute Gasteiger partial charge is 0.362 e. The van der Waals surface area contributed by atoms with Crippen LogP contribution in [0, 0.1) is 0 Å². The summed E-state index contributed by atoms with van der Waals surface area (Å²) in [5.74, 6) is 0.556. The van der Waals surface area contributed by atoms with E-state index >= 15 is 0 Å². The predicted octanol–water partition coefficient (Wildman–Crippen LogP) is 0.594. The Morgan fingerprint density at radius 1 is 1.64 bits per heavy atom. The Labute approximate surface area is 70.4 Å². The zero-order chi connectivity index (χ0) is 8.48. The monoisotopic (exact) mass is 196 g/mol. The van der Waals surface area contributed by atoms with Crippen LogP contribution in [0.1, 0.15) is 12.8 Å². The highest BCUT2D eigenvalue weighted by atomic mass is 35.7. The number of nitrogens with zero attached hydrogens (tertiary/aromatic N) is 2. The van der Waals surface area contributed by atoms with Crippen molar-refractivity contribution in [3.63, 3.8) is 0 Å². The maximum absolute atomic E-state index is 10.5. The lowest BCUT2D eigenvalue weighted by atomic mass is 10.4. The van der Waals surface area contributed by atoms with Crippen LogP contribution in [0.15, 0.2) is 4.40 Å². The normalized spacial score (nSPS) is 23.1. The predicted molar refractivity (Wildman–Crippen MR) is 44.1 cm³/mol. The van der Waals surface area contributed by atoms with Crippen molar-refractivity contribution in [1.82, 2.24) is 4.90 Å². The van der Waals surface area contributed by atoms with Gasteiger partial charge in [0.2, 0.25) is 0 Å². The molecule has 1 rings (SSSR count). The number of hydrogen-bond acceptors (Lipinski definition) is 2. The molecule has 0 aliphatic carbocycles. The molecular formula is C5H9ClN2O2S. The highest BCUT2D eigenvalue weighted by Crippen LogP contribution is 2.11. The Kier molecular flexibility index (Phi) is 2.39. The Hall–Kier alpha value is -0.290. The van der Waals surface area contributed by atoms with Crippen molar-refractivity contribution in [1.29, 1.82) is 0 Å². The zero-order valence-corrected chi connectivity index (χ0v) is 7.69. The van der Waals surface area contributed by atoms with E-state index < -0.39 is 9.24 Å². The highest BCUT2D eigenvalue weighted by molar-refractivity contribution is 8.12. The molecule has 0 spiro atoms. The first-order valence-electron chi connectivity index (χ1n) is 3.23. The quantitative estimate of drug-likeness (QED) is 0.577. The average molecular weight is 197 g/mol. The topological polar surface area (TPSA) is 49.7 Å². The van der Waals surface area contributed by atoms with E-state index in [-0.39, 0.29) is 0 Å². The molecule has 1 fully saturated rings. The van der Waals surface area contributed by atoms with Crippen LogP contribution < -0.4 is 0 Å². The summed E-state index contributed by atoms with van der Waals surface area (Å²) < 4.78 is 24.3. The number of amidine groups is 1. The van der Waals surface area contributed by atoms with Gasteiger partial charge in [-0.2, -0.15) is 8.42 Å². The molecular weight excluding hydrogens is 188 g/mol. The van der Waals surface area contributed by atoms with E-state index in [1.807, 2.05) is 0 Å². The average Bonchev–Trinajstić information content (AvgIpc) is 2.12. The Morgan fingerprint density at radius 3 is 2.64 bits per heavy atom. The second kappa shape index (κ2) is 2.98. The zero-order valence-electron chi connectivity index (χ0n) is 6.12. The molecule has 6 heteroatoms. The van der Waals surface area contributed by atoms with Gasteiger partial charge in [0.05, 0.1) is 0 Å². The number of rotatable bonds is 1. The van der Waals surface area contributed by atoms with Crippen LogP contribution in [-0.4, -0.2) is 32.7 Å². The van der Waals surface area contributed by atoms with E-state index in [0.717, 1.165) is 13.0 Å². The molecule has 4 nitrogen and oxygen atoms in total. The second-order valence-corrected chi connectivity index (χ2v) is 4.62. The minimum Gasteiger partial charge on any atom is -0.362 e. The number of likely N-dealkylation sites (tertiary alicyclic amines) is 1. The summed E-state index contributed by atoms with van der Waals surface area (Å²) in [6.45, 7) is 0.852. The van der Waals surface area contributed by atoms with E-state index in [2.05, 4.69) is 4.40 Å². The van der Waals surface area contributed by atoms with Crippen LogP contribution in [0.4, 0.5) is 0 Å². The summed E-state index contributed by atoms with van der Waals surface area (Å²) in [5.41, 5.74) is 0. The van der Waals surface area contributed by atoms with Crippen LogP contribution in [0.25, 0.3) is 0 Å². The van der Waals surface area contributed by atoms with Crippen LogP contribution in [0.2, 0.25) is 0 Å². The Morgan fingerprint density at radius 2 is 2.27 bits per heavy atom. The summed E-state index contributed by atoms with van der Waals surface area (Å²) in [5, 5.41) is 0. The van der Waals surface area contributed by atoms with Crippen LogP contribution >= 0.6 is 10.7 Å². The summed E-state index contributed by atoms with van der Waals surface area (Å²) in [6, 6.07) is 0. The van der Waals surface area contributed by atoms with Crippen LogP contribution in [0.3, 0.4) is 0 Å². The summed E-state index contributed by atoms with van der Waals surface area (Å²) in [6.07, 6.45) is 1.64. The third-order valence-corrected chi connectivity index (χ3v) is 2.18. The standard InChI is InChI=1S/C5H9ClN2O2S/c1-8-4-2-3-5(8)7-11(6,9)10/h2-4H2,1H3/b7-5-. The summed E-state index contributed by atoms with van der Waals surface area (Å²) in [7, 11) is 3.01. The molecule has 1 heterocycles. The molecule has 11 heavy (non-hydrogen) atoms. The van der Waals surface area contributed by atoms with Crippen LogP contribution in [0.5, 0.6) is 0 Å². The molecule has 0 N–H and O–H groups in total. The summed E-state index contributed by atoms with van der Waals surface area (Å²) >= 11 is 0. The van der Waals surface area contributed by atoms with Gasteiger partial charge in [0, 0.05) is 30.7 Å². The van der Waals surface area contributed by atoms with Gasteiger partial charge in [0.25, 0.3) is 0 Å². The van der Waals surface area contributed by atoms with Gasteiger partial charge in [-0.3, -0.25) is 0 Å². The Balaban J connectivity index is 2.82. The van der Waals surface area contributed by atoms with Crippen molar-refractivity contribution in [3.05, 3.63) is 0 Å². The van der Waals surface area contributed by atoms with Crippen molar-refractivity contribution < 1.29 is 8.42 Å². The van der Waals surface area contributed by atoms with Gasteiger partial charge in [-0.25, -0.2) is 0 Å². The molecule has 64 valence electrons. The molecule has 0 unspecified atom stereocenters. The third kappa shape index (κ3) is 2.67. The van der Waals surface area contributed by atoms with Gasteiger partial charge >= 0.3 is 9.24 Å². The molecule has 0 radical (unpaired) electrons. The van der Waals surface area contributed by atoms with E-state index in [1.54, 1.807) is 11.9 Å². The fraction of sp³-hybridized carbons (Fsp3) is 0.800. The van der Waals surface area contributed by atoms with Crippen molar-refractivity contribution in [2.45, 2.75) is 12.8 Å². The smallest absolute Gasteiger partial charge is 0.341 e. The molecule has 0 aromatic heterocycles. The highest BCUT2D eigenvalue weighted by Gasteiger charge is 2.16. The fourth-order valence-electron chi connectivity index (χ4n) is 1.04. The summed E-state index contributed by atoms with van der Waals surface area (Å²) in [4.78, 5) is 1.79. The first-order chi connectivity index (χ1) is 4.99. The lowest BCUT2D eigenvalue weighted by molar-refractivity contribution is 0.549. The molecule has 0 aromatic rings. The van der Waals surface area contributed by atoms with Crippen molar-refractivity contribution in [2.24, 2.45) is 4.40 Å². The maximum atomic E-state index is 10.5. The molecule has 0 atom stereocenters. The second-order valence-electron chi connectivity index (χ2n) is 2.44. The van der Waals surface area contributed by atoms with Gasteiger partial charge in [-0.15, -0.1) is 4.40 Å². The van der Waals surface area contributed by atoms with Crippen molar-refractivity contribution >= 4 is 25.8 Å². The van der Waals surface area contributed by atoms with Gasteiger partial charge in [-0.1, -0.05) is 0 Å². The van der Waals surface area contributed by atoms with Crippen molar-refractivity contribution in [3.8, 4) is 0 Å². The van der Waals surface area contributed by atoms with E-state index in [9.17, 15) is 8.42 Å². The van der Waals surface area contributed by atoms with Gasteiger partial charge < -0.3 is 4.90 Å². The minimum absolute atomic E-state index is 0.556. The lowest BCUT2D eigenvalue weighted by Crippen LogP contribution is -2.19. The number of halogens is 1. The Bertz CT molecular complexity index is 272. The van der Waals surface area contributed by atoms with Crippen molar-refractivity contribution in [2.75, 3.05) is 13.6 Å². The molecule has 1 aliphatic heterocycles. The molecule has 0 bridgehead atoms. The van der Waals surface area contributed by atoms with E-state index in [4.69, 9.17) is 10.7 Å². The van der Waals surface area contributed by atoms with Crippen LogP contribution in [-0.2, 0) is 9.24 Å². The molecule has 0 aromatic carbocycles. The third-order valence-electron chi connectivity index (χ3n) is 1.55. The first-order valence-corrected chi connectivity index (χ1v) is 5.50. The molecule has 1 aliphatic rings. The first kappa shape index (κ1) is 8.80.